The first-order chi connectivity index (χ1) is 11.1. The molecule has 0 fully saturated rings. The first kappa shape index (κ1) is 17.3. The number of hydrogen-bond donors (Lipinski definition) is 2. The predicted molar refractivity (Wildman–Crippen MR) is 91.8 cm³/mol. The Morgan fingerprint density at radius 2 is 1.65 bits per heavy atom. The highest BCUT2D eigenvalue weighted by atomic mass is 16.5. The van der Waals surface area contributed by atoms with Crippen molar-refractivity contribution in [1.82, 2.24) is 0 Å². The van der Waals surface area contributed by atoms with Gasteiger partial charge in [0.1, 0.15) is 0 Å². The second-order valence-electron chi connectivity index (χ2n) is 5.80. The Morgan fingerprint density at radius 1 is 1.00 bits per heavy atom. The molecule has 0 saturated heterocycles. The molecule has 0 aliphatic heterocycles. The smallest absolute Gasteiger partial charge is 0.160 e. The lowest BCUT2D eigenvalue weighted by Gasteiger charge is -2.25. The van der Waals surface area contributed by atoms with Gasteiger partial charge in [-0.3, -0.25) is 0 Å². The molecule has 0 spiro atoms. The zero-order valence-electron chi connectivity index (χ0n) is 13.9. The van der Waals surface area contributed by atoms with E-state index in [-0.39, 0.29) is 12.0 Å². The van der Waals surface area contributed by atoms with Crippen LogP contribution in [0, 0.1) is 5.92 Å². The molecule has 0 radical (unpaired) electrons. The largest absolute Gasteiger partial charge is 0.493 e. The summed E-state index contributed by atoms with van der Waals surface area (Å²) in [6.45, 7) is 2.05. The molecule has 2 aromatic rings. The molecule has 0 heterocycles. The number of rotatable bonds is 7. The average Bonchev–Trinajstić information content (AvgIpc) is 2.60. The topological polar surface area (TPSA) is 64.7 Å². The summed E-state index contributed by atoms with van der Waals surface area (Å²) in [5.41, 5.74) is 8.21. The number of ether oxygens (including phenoxy) is 2. The summed E-state index contributed by atoms with van der Waals surface area (Å²) in [5, 5.41) is 10.5. The first-order valence-corrected chi connectivity index (χ1v) is 7.76. The van der Waals surface area contributed by atoms with E-state index in [1.54, 1.807) is 14.2 Å². The molecule has 3 atom stereocenters. The summed E-state index contributed by atoms with van der Waals surface area (Å²) in [5.74, 6) is 1.52. The van der Waals surface area contributed by atoms with Crippen LogP contribution >= 0.6 is 0 Å². The van der Waals surface area contributed by atoms with Crippen LogP contribution < -0.4 is 15.2 Å². The number of benzene rings is 2. The van der Waals surface area contributed by atoms with Crippen molar-refractivity contribution in [2.45, 2.75) is 25.5 Å². The number of hydrogen-bond acceptors (Lipinski definition) is 4. The molecule has 0 aliphatic rings. The number of aliphatic hydroxyl groups excluding tert-OH is 1. The Hall–Kier alpha value is -2.04. The lowest BCUT2D eigenvalue weighted by atomic mass is 9.88. The first-order valence-electron chi connectivity index (χ1n) is 7.76. The highest BCUT2D eigenvalue weighted by molar-refractivity contribution is 5.43. The van der Waals surface area contributed by atoms with Gasteiger partial charge in [0.2, 0.25) is 0 Å². The molecule has 23 heavy (non-hydrogen) atoms. The molecule has 1 unspecified atom stereocenters. The fourth-order valence-electron chi connectivity index (χ4n) is 2.70. The number of methoxy groups -OCH3 is 2. The fraction of sp³-hybridized carbons (Fsp3) is 0.368. The maximum absolute atomic E-state index is 10.5. The van der Waals surface area contributed by atoms with Crippen molar-refractivity contribution < 1.29 is 14.6 Å². The van der Waals surface area contributed by atoms with Gasteiger partial charge in [-0.15, -0.1) is 0 Å². The summed E-state index contributed by atoms with van der Waals surface area (Å²) in [6, 6.07) is 15.0. The second-order valence-corrected chi connectivity index (χ2v) is 5.80. The molecule has 2 rings (SSSR count). The zero-order valence-corrected chi connectivity index (χ0v) is 13.9. The van der Waals surface area contributed by atoms with Crippen LogP contribution in [-0.4, -0.2) is 25.4 Å². The van der Waals surface area contributed by atoms with Crippen molar-refractivity contribution in [3.8, 4) is 11.5 Å². The lowest BCUT2D eigenvalue weighted by molar-refractivity contribution is 0.121. The van der Waals surface area contributed by atoms with Crippen LogP contribution in [0.25, 0.3) is 0 Å². The monoisotopic (exact) mass is 315 g/mol. The summed E-state index contributed by atoms with van der Waals surface area (Å²) in [7, 11) is 3.24. The molecule has 0 amide bonds. The minimum atomic E-state index is -0.675. The van der Waals surface area contributed by atoms with Crippen molar-refractivity contribution in [1.29, 1.82) is 0 Å². The van der Waals surface area contributed by atoms with E-state index < -0.39 is 6.10 Å². The van der Waals surface area contributed by atoms with Crippen molar-refractivity contribution in [2.24, 2.45) is 11.7 Å². The van der Waals surface area contributed by atoms with E-state index in [4.69, 9.17) is 15.2 Å². The Bertz CT molecular complexity index is 615. The molecule has 2 aromatic carbocycles. The van der Waals surface area contributed by atoms with Gasteiger partial charge in [0.05, 0.1) is 20.3 Å². The normalized spacial score (nSPS) is 14.8. The van der Waals surface area contributed by atoms with Crippen LogP contribution in [-0.2, 0) is 6.42 Å². The van der Waals surface area contributed by atoms with Crippen LogP contribution in [0.2, 0.25) is 0 Å². The quantitative estimate of drug-likeness (QED) is 0.824. The molecule has 124 valence electrons. The van der Waals surface area contributed by atoms with Gasteiger partial charge in [0.15, 0.2) is 11.5 Å². The van der Waals surface area contributed by atoms with Crippen molar-refractivity contribution >= 4 is 0 Å². The van der Waals surface area contributed by atoms with Gasteiger partial charge in [-0.1, -0.05) is 43.3 Å². The van der Waals surface area contributed by atoms with E-state index in [2.05, 4.69) is 0 Å². The molecule has 0 saturated carbocycles. The van der Waals surface area contributed by atoms with Gasteiger partial charge in [-0.05, 0) is 35.6 Å². The molecular formula is C19H25NO3. The average molecular weight is 315 g/mol. The summed E-state index contributed by atoms with van der Waals surface area (Å²) < 4.78 is 10.6. The van der Waals surface area contributed by atoms with Gasteiger partial charge in [0, 0.05) is 6.04 Å². The van der Waals surface area contributed by atoms with Crippen LogP contribution in [0.1, 0.15) is 24.2 Å². The fourth-order valence-corrected chi connectivity index (χ4v) is 2.70. The maximum atomic E-state index is 10.5. The van der Waals surface area contributed by atoms with Crippen LogP contribution in [0.5, 0.6) is 11.5 Å². The molecule has 4 nitrogen and oxygen atoms in total. The Morgan fingerprint density at radius 3 is 2.26 bits per heavy atom. The van der Waals surface area contributed by atoms with Crippen molar-refractivity contribution in [2.75, 3.05) is 14.2 Å². The zero-order chi connectivity index (χ0) is 16.8. The van der Waals surface area contributed by atoms with Gasteiger partial charge in [-0.25, -0.2) is 0 Å². The number of aliphatic hydroxyl groups is 1. The van der Waals surface area contributed by atoms with Crippen molar-refractivity contribution in [3.05, 3.63) is 59.7 Å². The third-order valence-electron chi connectivity index (χ3n) is 4.17. The molecule has 3 N–H and O–H groups in total. The van der Waals surface area contributed by atoms with E-state index in [1.807, 2.05) is 55.5 Å². The Labute approximate surface area is 137 Å². The van der Waals surface area contributed by atoms with E-state index in [0.717, 1.165) is 17.5 Å². The summed E-state index contributed by atoms with van der Waals surface area (Å²) in [6.07, 6.45) is 0.0807. The van der Waals surface area contributed by atoms with Gasteiger partial charge in [0.25, 0.3) is 0 Å². The summed E-state index contributed by atoms with van der Waals surface area (Å²) >= 11 is 0. The van der Waals surface area contributed by atoms with Crippen LogP contribution in [0.3, 0.4) is 0 Å². The van der Waals surface area contributed by atoms with Crippen LogP contribution in [0.15, 0.2) is 48.5 Å². The third kappa shape index (κ3) is 4.24. The Balaban J connectivity index is 2.07. The summed E-state index contributed by atoms with van der Waals surface area (Å²) in [4.78, 5) is 0. The standard InChI is InChI=1S/C19H25NO3/c1-13(18(20)19(21)15-7-5-4-6-8-15)11-14-9-10-16(22-2)17(12-14)23-3/h4-10,12-13,18-19,21H,11,20H2,1-3H3/t13?,18-,19-/m1/s1. The predicted octanol–water partition coefficient (Wildman–Crippen LogP) is 2.94. The van der Waals surface area contributed by atoms with Crippen molar-refractivity contribution in [3.63, 3.8) is 0 Å². The minimum absolute atomic E-state index is 0.114. The van der Waals surface area contributed by atoms with E-state index in [0.29, 0.717) is 11.5 Å². The molecule has 0 aromatic heterocycles. The molecule has 0 aliphatic carbocycles. The molecular weight excluding hydrogens is 290 g/mol. The van der Waals surface area contributed by atoms with E-state index in [1.165, 1.54) is 0 Å². The highest BCUT2D eigenvalue weighted by Gasteiger charge is 2.23. The molecule has 4 heteroatoms. The third-order valence-corrected chi connectivity index (χ3v) is 4.17. The maximum Gasteiger partial charge on any atom is 0.160 e. The van der Waals surface area contributed by atoms with Gasteiger partial charge >= 0.3 is 0 Å². The van der Waals surface area contributed by atoms with E-state index in [9.17, 15) is 5.11 Å². The highest BCUT2D eigenvalue weighted by Crippen LogP contribution is 2.29. The number of nitrogens with two attached hydrogens (primary N) is 1. The van der Waals surface area contributed by atoms with E-state index >= 15 is 0 Å². The van der Waals surface area contributed by atoms with Crippen LogP contribution in [0.4, 0.5) is 0 Å². The SMILES string of the molecule is COc1ccc(CC(C)[C@@H](N)[C@H](O)c2ccccc2)cc1OC. The minimum Gasteiger partial charge on any atom is -0.493 e. The lowest BCUT2D eigenvalue weighted by Crippen LogP contribution is -2.36. The van der Waals surface area contributed by atoms with Gasteiger partial charge in [-0.2, -0.15) is 0 Å². The Kier molecular flexibility index (Phi) is 6.02. The van der Waals surface area contributed by atoms with Gasteiger partial charge < -0.3 is 20.3 Å². The molecule has 0 bridgehead atoms. The second kappa shape index (κ2) is 7.99.